The van der Waals surface area contributed by atoms with Crippen LogP contribution in [0.3, 0.4) is 0 Å². The summed E-state index contributed by atoms with van der Waals surface area (Å²) in [6, 6.07) is 12.2. The third-order valence-corrected chi connectivity index (χ3v) is 2.44. The summed E-state index contributed by atoms with van der Waals surface area (Å²) in [6.07, 6.45) is 1.78. The van der Waals surface area contributed by atoms with Crippen molar-refractivity contribution in [2.24, 2.45) is 0 Å². The van der Waals surface area contributed by atoms with Gasteiger partial charge in [0.15, 0.2) is 11.7 Å². The summed E-state index contributed by atoms with van der Waals surface area (Å²) in [5, 5.41) is 5.63. The Bertz CT molecular complexity index is 646. The lowest BCUT2D eigenvalue weighted by atomic mass is 10.2. The van der Waals surface area contributed by atoms with Crippen LogP contribution in [0.5, 0.6) is 0 Å². The van der Waals surface area contributed by atoms with Crippen LogP contribution in [0.1, 0.15) is 5.69 Å². The minimum Gasteiger partial charge on any atom is -0.0932 e. The molecule has 0 saturated carbocycles. The number of benzene rings is 1. The Balaban J connectivity index is 2.57. The lowest BCUT2D eigenvalue weighted by molar-refractivity contribution is -0.556. The van der Waals surface area contributed by atoms with Crippen molar-refractivity contribution in [1.82, 2.24) is 10.1 Å². The molecule has 0 aliphatic rings. The second kappa shape index (κ2) is 2.98. The van der Waals surface area contributed by atoms with Crippen molar-refractivity contribution in [2.75, 3.05) is 0 Å². The van der Waals surface area contributed by atoms with Gasteiger partial charge < -0.3 is 0 Å². The Hall–Kier alpha value is -2.03. The third kappa shape index (κ3) is 1.24. The Morgan fingerprint density at radius 2 is 1.93 bits per heavy atom. The van der Waals surface area contributed by atoms with Crippen molar-refractivity contribution < 1.29 is 4.52 Å². The number of hydrogen-bond donors (Lipinski definition) is 0. The highest BCUT2D eigenvalue weighted by molar-refractivity contribution is 5.76. The van der Waals surface area contributed by atoms with Gasteiger partial charge in [-0.3, -0.25) is 0 Å². The molecule has 3 nitrogen and oxygen atoms in total. The van der Waals surface area contributed by atoms with Crippen molar-refractivity contribution in [1.29, 1.82) is 0 Å². The normalized spacial score (nSPS) is 11.0. The van der Waals surface area contributed by atoms with E-state index in [4.69, 9.17) is 0 Å². The van der Waals surface area contributed by atoms with Crippen LogP contribution >= 0.6 is 0 Å². The summed E-state index contributed by atoms with van der Waals surface area (Å²) in [7, 11) is 0. The summed E-state index contributed by atoms with van der Waals surface area (Å²) >= 11 is 0. The van der Waals surface area contributed by atoms with Crippen molar-refractivity contribution in [3.05, 3.63) is 48.3 Å². The standard InChI is InChI=1S/C12H10N3/c1-9-8-13-12-7-6-10-4-2-3-5-11(10)15(12)14-9/h2-8H,1H3/q+1. The first-order valence-corrected chi connectivity index (χ1v) is 4.88. The van der Waals surface area contributed by atoms with E-state index in [1.54, 1.807) is 6.20 Å². The number of fused-ring (bicyclic) bond motifs is 3. The smallest absolute Gasteiger partial charge is 0.0932 e. The first-order chi connectivity index (χ1) is 7.34. The fourth-order valence-electron chi connectivity index (χ4n) is 1.73. The predicted octanol–water partition coefficient (Wildman–Crippen LogP) is 1.68. The summed E-state index contributed by atoms with van der Waals surface area (Å²) in [6.45, 7) is 1.95. The van der Waals surface area contributed by atoms with E-state index in [9.17, 15) is 0 Å². The van der Waals surface area contributed by atoms with Gasteiger partial charge in [0.2, 0.25) is 0 Å². The molecule has 0 unspecified atom stereocenters. The van der Waals surface area contributed by atoms with Crippen LogP contribution in [-0.2, 0) is 0 Å². The topological polar surface area (TPSA) is 29.9 Å². The van der Waals surface area contributed by atoms with Crippen LogP contribution in [0, 0.1) is 6.92 Å². The van der Waals surface area contributed by atoms with Gasteiger partial charge in [-0.1, -0.05) is 27.8 Å². The lowest BCUT2D eigenvalue weighted by Crippen LogP contribution is -2.29. The first-order valence-electron chi connectivity index (χ1n) is 4.88. The summed E-state index contributed by atoms with van der Waals surface area (Å²) in [4.78, 5) is 4.33. The number of nitrogens with zero attached hydrogens (tertiary/aromatic N) is 3. The highest BCUT2D eigenvalue weighted by Gasteiger charge is 2.08. The maximum atomic E-state index is 4.46. The van der Waals surface area contributed by atoms with Gasteiger partial charge in [-0.15, -0.1) is 0 Å². The molecular weight excluding hydrogens is 186 g/mol. The minimum atomic E-state index is 0.874. The van der Waals surface area contributed by atoms with Crippen LogP contribution in [0.25, 0.3) is 16.6 Å². The molecule has 0 radical (unpaired) electrons. The van der Waals surface area contributed by atoms with Crippen molar-refractivity contribution in [2.45, 2.75) is 6.92 Å². The molecule has 0 N–H and O–H groups in total. The Morgan fingerprint density at radius 3 is 2.87 bits per heavy atom. The molecule has 0 aliphatic carbocycles. The van der Waals surface area contributed by atoms with Crippen LogP contribution < -0.4 is 4.52 Å². The first kappa shape index (κ1) is 8.29. The number of hydrogen-bond acceptors (Lipinski definition) is 2. The van der Waals surface area contributed by atoms with Crippen LogP contribution in [0.4, 0.5) is 0 Å². The minimum absolute atomic E-state index is 0.874. The summed E-state index contributed by atoms with van der Waals surface area (Å²) < 4.78 is 1.88. The van der Waals surface area contributed by atoms with Crippen LogP contribution in [0.15, 0.2) is 42.6 Å². The fourth-order valence-corrected chi connectivity index (χ4v) is 1.73. The van der Waals surface area contributed by atoms with E-state index in [-0.39, 0.29) is 0 Å². The Kier molecular flexibility index (Phi) is 1.65. The highest BCUT2D eigenvalue weighted by atomic mass is 15.2. The second-order valence-corrected chi connectivity index (χ2v) is 3.56. The molecule has 15 heavy (non-hydrogen) atoms. The number of pyridine rings is 1. The van der Waals surface area contributed by atoms with Crippen molar-refractivity contribution in [3.8, 4) is 0 Å². The molecule has 3 heteroatoms. The molecule has 3 aromatic rings. The summed E-state index contributed by atoms with van der Waals surface area (Å²) in [5.74, 6) is 0. The van der Waals surface area contributed by atoms with Gasteiger partial charge in [-0.2, -0.15) is 0 Å². The number of aromatic nitrogens is 3. The van der Waals surface area contributed by atoms with Gasteiger partial charge in [-0.05, 0) is 24.0 Å². The maximum absolute atomic E-state index is 4.46. The molecular formula is C12H10N3+. The lowest BCUT2D eigenvalue weighted by Gasteiger charge is -1.96. The van der Waals surface area contributed by atoms with E-state index in [0.717, 1.165) is 16.9 Å². The predicted molar refractivity (Wildman–Crippen MR) is 57.4 cm³/mol. The number of rotatable bonds is 0. The molecule has 0 saturated heterocycles. The molecule has 0 aliphatic heterocycles. The molecule has 0 amide bonds. The average Bonchev–Trinajstić information content (AvgIpc) is 2.29. The Labute approximate surface area is 87.0 Å². The molecule has 0 atom stereocenters. The molecule has 72 valence electrons. The zero-order valence-electron chi connectivity index (χ0n) is 8.38. The van der Waals surface area contributed by atoms with Gasteiger partial charge >= 0.3 is 5.65 Å². The quantitative estimate of drug-likeness (QED) is 0.404. The van der Waals surface area contributed by atoms with Gasteiger partial charge in [0.25, 0.3) is 0 Å². The average molecular weight is 196 g/mol. The van der Waals surface area contributed by atoms with Gasteiger partial charge in [-0.25, -0.2) is 0 Å². The molecule has 2 heterocycles. The molecule has 3 rings (SSSR count). The third-order valence-electron chi connectivity index (χ3n) is 2.44. The number of para-hydroxylation sites is 1. The zero-order valence-corrected chi connectivity index (χ0v) is 8.38. The van der Waals surface area contributed by atoms with Crippen LogP contribution in [-0.4, -0.2) is 10.1 Å². The van der Waals surface area contributed by atoms with E-state index in [0.29, 0.717) is 0 Å². The highest BCUT2D eigenvalue weighted by Crippen LogP contribution is 2.09. The van der Waals surface area contributed by atoms with Gasteiger partial charge in [0.1, 0.15) is 5.69 Å². The molecule has 1 aromatic carbocycles. The van der Waals surface area contributed by atoms with Gasteiger partial charge in [0.05, 0.1) is 0 Å². The van der Waals surface area contributed by atoms with E-state index in [2.05, 4.69) is 28.3 Å². The molecule has 0 fully saturated rings. The van der Waals surface area contributed by atoms with Crippen molar-refractivity contribution in [3.63, 3.8) is 0 Å². The van der Waals surface area contributed by atoms with Crippen LogP contribution in [0.2, 0.25) is 0 Å². The van der Waals surface area contributed by atoms with E-state index >= 15 is 0 Å². The second-order valence-electron chi connectivity index (χ2n) is 3.56. The number of aryl methyl sites for hydroxylation is 1. The summed E-state index contributed by atoms with van der Waals surface area (Å²) in [5.41, 5.74) is 2.88. The zero-order chi connectivity index (χ0) is 10.3. The molecule has 0 bridgehead atoms. The largest absolute Gasteiger partial charge is 0.348 e. The van der Waals surface area contributed by atoms with E-state index in [1.807, 2.05) is 29.6 Å². The SMILES string of the molecule is Cc1cnc2ccc3ccccc3[n+]2n1. The van der Waals surface area contributed by atoms with Gasteiger partial charge in [0, 0.05) is 11.5 Å². The maximum Gasteiger partial charge on any atom is 0.348 e. The molecule has 2 aromatic heterocycles. The Morgan fingerprint density at radius 1 is 1.07 bits per heavy atom. The van der Waals surface area contributed by atoms with E-state index < -0.39 is 0 Å². The fraction of sp³-hybridized carbons (Fsp3) is 0.0833. The van der Waals surface area contributed by atoms with Crippen molar-refractivity contribution >= 4 is 16.6 Å². The molecule has 0 spiro atoms. The van der Waals surface area contributed by atoms with E-state index in [1.165, 1.54) is 5.39 Å². The monoisotopic (exact) mass is 196 g/mol.